The zero-order chi connectivity index (χ0) is 27.0. The highest BCUT2D eigenvalue weighted by Crippen LogP contribution is 2.35. The number of amides is 1. The molecular weight excluding hydrogens is 488 g/mol. The largest absolute Gasteiger partial charge is 0.462 e. The Kier molecular flexibility index (Phi) is 7.69. The maximum absolute atomic E-state index is 12.5. The van der Waals surface area contributed by atoms with Gasteiger partial charge in [0.05, 0.1) is 29.8 Å². The van der Waals surface area contributed by atoms with Gasteiger partial charge in [-0.1, -0.05) is 66.7 Å². The normalized spacial score (nSPS) is 10.9. The van der Waals surface area contributed by atoms with Crippen LogP contribution in [-0.2, 0) is 4.74 Å². The Bertz CT molecular complexity index is 1590. The molecule has 0 radical (unpaired) electrons. The average molecular weight is 515 g/mol. The van der Waals surface area contributed by atoms with Gasteiger partial charge in [-0.05, 0) is 60.5 Å². The van der Waals surface area contributed by atoms with E-state index >= 15 is 0 Å². The topological polar surface area (TPSA) is 85.6 Å². The summed E-state index contributed by atoms with van der Waals surface area (Å²) in [5.74, 6) is -0.759. The maximum atomic E-state index is 12.5. The van der Waals surface area contributed by atoms with Crippen molar-refractivity contribution in [2.24, 2.45) is 5.10 Å². The number of hydrogen-bond acceptors (Lipinski definition) is 5. The highest BCUT2D eigenvalue weighted by molar-refractivity contribution is 5.96. The van der Waals surface area contributed by atoms with Crippen molar-refractivity contribution in [1.82, 2.24) is 15.0 Å². The summed E-state index contributed by atoms with van der Waals surface area (Å²) in [6, 6.07) is 34.5. The van der Waals surface area contributed by atoms with E-state index in [1.54, 1.807) is 49.7 Å². The summed E-state index contributed by atoms with van der Waals surface area (Å²) in [4.78, 5) is 28.8. The van der Waals surface area contributed by atoms with E-state index in [1.165, 1.54) is 0 Å². The van der Waals surface area contributed by atoms with E-state index in [2.05, 4.69) is 20.1 Å². The van der Waals surface area contributed by atoms with Crippen molar-refractivity contribution in [1.29, 1.82) is 0 Å². The second-order valence-electron chi connectivity index (χ2n) is 8.58. The number of ether oxygens (including phenoxy) is 1. The van der Waals surface area contributed by atoms with Crippen LogP contribution in [0.2, 0.25) is 0 Å². The van der Waals surface area contributed by atoms with Gasteiger partial charge in [-0.2, -0.15) is 5.10 Å². The minimum atomic E-state index is -0.398. The second-order valence-corrected chi connectivity index (χ2v) is 8.58. The van der Waals surface area contributed by atoms with Gasteiger partial charge in [0.15, 0.2) is 0 Å². The molecule has 0 saturated carbocycles. The van der Waals surface area contributed by atoms with Crippen LogP contribution in [0.3, 0.4) is 0 Å². The van der Waals surface area contributed by atoms with Gasteiger partial charge in [0, 0.05) is 17.4 Å². The molecule has 0 atom stereocenters. The molecule has 5 rings (SSSR count). The SMILES string of the molecule is CCOC(=O)c1ccc(-n2c(-c3ccccc3)cc(/C=N\NC(=O)c3ccccn3)c2-c2ccccc2)cc1. The second kappa shape index (κ2) is 11.8. The van der Waals surface area contributed by atoms with E-state index in [4.69, 9.17) is 4.74 Å². The molecule has 0 bridgehead atoms. The summed E-state index contributed by atoms with van der Waals surface area (Å²) in [5, 5.41) is 4.26. The van der Waals surface area contributed by atoms with Crippen molar-refractivity contribution < 1.29 is 14.3 Å². The van der Waals surface area contributed by atoms with E-state index in [9.17, 15) is 9.59 Å². The average Bonchev–Trinajstić information content (AvgIpc) is 3.38. The molecule has 2 aromatic heterocycles. The van der Waals surface area contributed by atoms with Crippen molar-refractivity contribution in [3.05, 3.63) is 132 Å². The van der Waals surface area contributed by atoms with Gasteiger partial charge in [0.2, 0.25) is 0 Å². The van der Waals surface area contributed by atoms with Crippen LogP contribution in [0, 0.1) is 0 Å². The molecule has 0 saturated heterocycles. The Balaban J connectivity index is 1.63. The minimum absolute atomic E-state index is 0.280. The van der Waals surface area contributed by atoms with Crippen LogP contribution >= 0.6 is 0 Å². The number of hydrazone groups is 1. The van der Waals surface area contributed by atoms with Crippen LogP contribution in [0.25, 0.3) is 28.2 Å². The molecule has 0 aliphatic heterocycles. The summed E-state index contributed by atoms with van der Waals surface area (Å²) < 4.78 is 7.28. The van der Waals surface area contributed by atoms with Crippen LogP contribution in [0.15, 0.2) is 120 Å². The fraction of sp³-hybridized carbons (Fsp3) is 0.0625. The Labute approximate surface area is 226 Å². The van der Waals surface area contributed by atoms with Crippen LogP contribution < -0.4 is 5.43 Å². The predicted octanol–water partition coefficient (Wildman–Crippen LogP) is 6.15. The number of carbonyl (C=O) groups is 2. The van der Waals surface area contributed by atoms with Crippen molar-refractivity contribution in [3.63, 3.8) is 0 Å². The van der Waals surface area contributed by atoms with Crippen molar-refractivity contribution in [2.45, 2.75) is 6.92 Å². The molecule has 2 heterocycles. The van der Waals surface area contributed by atoms with Gasteiger partial charge in [0.1, 0.15) is 5.69 Å². The number of pyridine rings is 1. The van der Waals surface area contributed by atoms with E-state index in [0.29, 0.717) is 12.2 Å². The molecule has 192 valence electrons. The van der Waals surface area contributed by atoms with Crippen molar-refractivity contribution in [3.8, 4) is 28.2 Å². The van der Waals surface area contributed by atoms with Crippen LogP contribution in [0.5, 0.6) is 0 Å². The Morgan fingerprint density at radius 1 is 0.872 bits per heavy atom. The molecular formula is C32H26N4O3. The third-order valence-electron chi connectivity index (χ3n) is 6.05. The molecule has 0 fully saturated rings. The molecule has 39 heavy (non-hydrogen) atoms. The lowest BCUT2D eigenvalue weighted by molar-refractivity contribution is 0.0526. The molecule has 3 aromatic carbocycles. The summed E-state index contributed by atoms with van der Waals surface area (Å²) >= 11 is 0. The smallest absolute Gasteiger partial charge is 0.338 e. The van der Waals surface area contributed by atoms with Gasteiger partial charge in [-0.25, -0.2) is 10.2 Å². The minimum Gasteiger partial charge on any atom is -0.462 e. The lowest BCUT2D eigenvalue weighted by Gasteiger charge is -2.15. The monoisotopic (exact) mass is 514 g/mol. The van der Waals surface area contributed by atoms with E-state index < -0.39 is 5.91 Å². The number of carbonyl (C=O) groups excluding carboxylic acids is 2. The maximum Gasteiger partial charge on any atom is 0.338 e. The Morgan fingerprint density at radius 3 is 2.18 bits per heavy atom. The zero-order valence-corrected chi connectivity index (χ0v) is 21.3. The third-order valence-corrected chi connectivity index (χ3v) is 6.05. The first-order chi connectivity index (χ1) is 19.2. The van der Waals surface area contributed by atoms with Gasteiger partial charge in [-0.3, -0.25) is 9.78 Å². The first-order valence-electron chi connectivity index (χ1n) is 12.5. The summed E-state index contributed by atoms with van der Waals surface area (Å²) in [6.07, 6.45) is 3.20. The fourth-order valence-corrected chi connectivity index (χ4v) is 4.29. The number of nitrogens with one attached hydrogen (secondary N) is 1. The van der Waals surface area contributed by atoms with Crippen LogP contribution in [-0.4, -0.2) is 34.2 Å². The highest BCUT2D eigenvalue weighted by Gasteiger charge is 2.19. The summed E-state index contributed by atoms with van der Waals surface area (Å²) in [5.41, 5.74) is 8.77. The van der Waals surface area contributed by atoms with Gasteiger partial charge in [-0.15, -0.1) is 0 Å². The lowest BCUT2D eigenvalue weighted by atomic mass is 10.1. The first-order valence-corrected chi connectivity index (χ1v) is 12.5. The van der Waals surface area contributed by atoms with E-state index in [-0.39, 0.29) is 11.7 Å². The number of hydrogen-bond donors (Lipinski definition) is 1. The number of benzene rings is 3. The molecule has 1 N–H and O–H groups in total. The number of aromatic nitrogens is 2. The van der Waals surface area contributed by atoms with E-state index in [0.717, 1.165) is 33.8 Å². The number of rotatable bonds is 8. The van der Waals surface area contributed by atoms with E-state index in [1.807, 2.05) is 78.9 Å². The Morgan fingerprint density at radius 2 is 1.54 bits per heavy atom. The molecule has 7 nitrogen and oxygen atoms in total. The molecule has 0 spiro atoms. The number of esters is 1. The highest BCUT2D eigenvalue weighted by atomic mass is 16.5. The van der Waals surface area contributed by atoms with Gasteiger partial charge in [0.25, 0.3) is 5.91 Å². The van der Waals surface area contributed by atoms with Gasteiger partial charge >= 0.3 is 5.97 Å². The third kappa shape index (κ3) is 5.67. The predicted molar refractivity (Wildman–Crippen MR) is 152 cm³/mol. The fourth-order valence-electron chi connectivity index (χ4n) is 4.29. The Hall–Kier alpha value is -5.30. The zero-order valence-electron chi connectivity index (χ0n) is 21.3. The molecule has 5 aromatic rings. The van der Waals surface area contributed by atoms with Crippen LogP contribution in [0.1, 0.15) is 33.3 Å². The van der Waals surface area contributed by atoms with Crippen molar-refractivity contribution in [2.75, 3.05) is 6.61 Å². The molecule has 0 unspecified atom stereocenters. The molecule has 0 aliphatic carbocycles. The molecule has 7 heteroatoms. The lowest BCUT2D eigenvalue weighted by Crippen LogP contribution is -2.18. The summed E-state index contributed by atoms with van der Waals surface area (Å²) in [7, 11) is 0. The quantitative estimate of drug-likeness (QED) is 0.153. The summed E-state index contributed by atoms with van der Waals surface area (Å²) in [6.45, 7) is 2.10. The number of nitrogens with zero attached hydrogens (tertiary/aromatic N) is 3. The molecule has 1 amide bonds. The van der Waals surface area contributed by atoms with Gasteiger partial charge < -0.3 is 9.30 Å². The van der Waals surface area contributed by atoms with Crippen molar-refractivity contribution >= 4 is 18.1 Å². The molecule has 0 aliphatic rings. The van der Waals surface area contributed by atoms with Crippen LogP contribution in [0.4, 0.5) is 0 Å². The standard InChI is InChI=1S/C32H26N4O3/c1-2-39-32(38)25-16-18-27(19-17-25)36-29(23-11-5-3-6-12-23)21-26(30(36)24-13-7-4-8-14-24)22-34-35-31(37)28-15-9-10-20-33-28/h3-22H,2H2,1H3,(H,35,37)/b34-22-. The first kappa shape index (κ1) is 25.4.